The van der Waals surface area contributed by atoms with E-state index in [2.05, 4.69) is 52.1 Å². The molecule has 1 aromatic rings. The summed E-state index contributed by atoms with van der Waals surface area (Å²) < 4.78 is 0. The molecule has 2 unspecified atom stereocenters. The van der Waals surface area contributed by atoms with Crippen molar-refractivity contribution in [3.8, 4) is 0 Å². The zero-order valence-electron chi connectivity index (χ0n) is 10.5. The van der Waals surface area contributed by atoms with Crippen LogP contribution in [0.2, 0.25) is 0 Å². The summed E-state index contributed by atoms with van der Waals surface area (Å²) in [6.07, 6.45) is 1.15. The Morgan fingerprint density at radius 3 is 2.33 bits per heavy atom. The number of aryl methyl sites for hydroxylation is 1. The standard InChI is InChI=1S/C13H23NS/c1-6-12-7-8-13(15-12)11(5)14-10(4)9(2)3/h7-11,14H,6H2,1-5H3. The van der Waals surface area contributed by atoms with Gasteiger partial charge in [0.15, 0.2) is 0 Å². The highest BCUT2D eigenvalue weighted by Crippen LogP contribution is 2.24. The van der Waals surface area contributed by atoms with Crippen molar-refractivity contribution >= 4 is 11.3 Å². The number of thiophene rings is 1. The number of hydrogen-bond acceptors (Lipinski definition) is 2. The molecule has 0 saturated carbocycles. The molecule has 0 fully saturated rings. The number of nitrogens with one attached hydrogen (secondary N) is 1. The van der Waals surface area contributed by atoms with E-state index in [0.29, 0.717) is 18.0 Å². The lowest BCUT2D eigenvalue weighted by atomic mass is 10.1. The maximum atomic E-state index is 3.64. The molecule has 1 nitrogen and oxygen atoms in total. The van der Waals surface area contributed by atoms with Crippen LogP contribution in [0.15, 0.2) is 12.1 Å². The molecule has 0 aliphatic heterocycles. The van der Waals surface area contributed by atoms with Crippen molar-refractivity contribution in [2.75, 3.05) is 0 Å². The van der Waals surface area contributed by atoms with Crippen LogP contribution in [0.1, 0.15) is 50.4 Å². The molecule has 0 bridgehead atoms. The molecule has 0 aliphatic carbocycles. The van der Waals surface area contributed by atoms with Gasteiger partial charge in [0.05, 0.1) is 0 Å². The first-order valence-electron chi connectivity index (χ1n) is 5.89. The molecule has 1 rings (SSSR count). The monoisotopic (exact) mass is 225 g/mol. The SMILES string of the molecule is CCc1ccc(C(C)NC(C)C(C)C)s1. The maximum Gasteiger partial charge on any atom is 0.0388 e. The molecular weight excluding hydrogens is 202 g/mol. The largest absolute Gasteiger partial charge is 0.307 e. The molecule has 0 amide bonds. The van der Waals surface area contributed by atoms with Crippen LogP contribution < -0.4 is 5.32 Å². The van der Waals surface area contributed by atoms with Crippen LogP contribution in [0.5, 0.6) is 0 Å². The lowest BCUT2D eigenvalue weighted by molar-refractivity contribution is 0.391. The fourth-order valence-electron chi connectivity index (χ4n) is 1.49. The molecule has 86 valence electrons. The van der Waals surface area contributed by atoms with Crippen molar-refractivity contribution in [2.45, 2.75) is 53.1 Å². The first-order chi connectivity index (χ1) is 7.04. The van der Waals surface area contributed by atoms with Gasteiger partial charge < -0.3 is 5.32 Å². The third-order valence-corrected chi connectivity index (χ3v) is 4.38. The summed E-state index contributed by atoms with van der Waals surface area (Å²) in [6, 6.07) is 5.56. The van der Waals surface area contributed by atoms with E-state index in [1.54, 1.807) is 0 Å². The summed E-state index contributed by atoms with van der Waals surface area (Å²) in [5, 5.41) is 3.64. The molecular formula is C13H23NS. The van der Waals surface area contributed by atoms with Crippen molar-refractivity contribution in [1.82, 2.24) is 5.32 Å². The maximum absolute atomic E-state index is 3.64. The summed E-state index contributed by atoms with van der Waals surface area (Å²) in [6.45, 7) is 11.2. The van der Waals surface area contributed by atoms with Crippen LogP contribution >= 0.6 is 11.3 Å². The van der Waals surface area contributed by atoms with Gasteiger partial charge in [-0.3, -0.25) is 0 Å². The first kappa shape index (κ1) is 12.7. The van der Waals surface area contributed by atoms with Crippen LogP contribution in [0.3, 0.4) is 0 Å². The van der Waals surface area contributed by atoms with E-state index in [1.807, 2.05) is 11.3 Å². The van der Waals surface area contributed by atoms with Gasteiger partial charge in [-0.2, -0.15) is 0 Å². The first-order valence-corrected chi connectivity index (χ1v) is 6.70. The van der Waals surface area contributed by atoms with Gasteiger partial charge in [0.25, 0.3) is 0 Å². The molecule has 0 saturated heterocycles. The van der Waals surface area contributed by atoms with Gasteiger partial charge in [-0.15, -0.1) is 11.3 Å². The predicted octanol–water partition coefficient (Wildman–Crippen LogP) is 4.01. The van der Waals surface area contributed by atoms with Crippen LogP contribution in [0, 0.1) is 5.92 Å². The summed E-state index contributed by atoms with van der Waals surface area (Å²) in [5.41, 5.74) is 0. The Morgan fingerprint density at radius 2 is 1.87 bits per heavy atom. The highest BCUT2D eigenvalue weighted by atomic mass is 32.1. The molecule has 2 atom stereocenters. The topological polar surface area (TPSA) is 12.0 Å². The Kier molecular flexibility index (Phi) is 4.81. The second-order valence-corrected chi connectivity index (χ2v) is 5.78. The third kappa shape index (κ3) is 3.62. The average molecular weight is 225 g/mol. The minimum atomic E-state index is 0.479. The van der Waals surface area contributed by atoms with Crippen LogP contribution in [-0.2, 0) is 6.42 Å². The van der Waals surface area contributed by atoms with E-state index in [1.165, 1.54) is 9.75 Å². The van der Waals surface area contributed by atoms with Crippen molar-refractivity contribution < 1.29 is 0 Å². The van der Waals surface area contributed by atoms with E-state index in [9.17, 15) is 0 Å². The Balaban J connectivity index is 2.56. The summed E-state index contributed by atoms with van der Waals surface area (Å²) >= 11 is 1.93. The fraction of sp³-hybridized carbons (Fsp3) is 0.692. The highest BCUT2D eigenvalue weighted by molar-refractivity contribution is 7.12. The molecule has 1 N–H and O–H groups in total. The third-order valence-electron chi connectivity index (χ3n) is 2.97. The molecule has 2 heteroatoms. The summed E-state index contributed by atoms with van der Waals surface area (Å²) in [4.78, 5) is 2.94. The van der Waals surface area contributed by atoms with E-state index >= 15 is 0 Å². The molecule has 15 heavy (non-hydrogen) atoms. The van der Waals surface area contributed by atoms with Crippen molar-refractivity contribution in [3.05, 3.63) is 21.9 Å². The Bertz CT molecular complexity index is 290. The van der Waals surface area contributed by atoms with E-state index < -0.39 is 0 Å². The van der Waals surface area contributed by atoms with Crippen molar-refractivity contribution in [1.29, 1.82) is 0 Å². The Morgan fingerprint density at radius 1 is 1.20 bits per heavy atom. The molecule has 0 spiro atoms. The number of hydrogen-bond donors (Lipinski definition) is 1. The van der Waals surface area contributed by atoms with E-state index in [4.69, 9.17) is 0 Å². The van der Waals surface area contributed by atoms with Crippen LogP contribution in [0.25, 0.3) is 0 Å². The van der Waals surface area contributed by atoms with Gasteiger partial charge in [-0.25, -0.2) is 0 Å². The second-order valence-electron chi connectivity index (χ2n) is 4.58. The zero-order valence-corrected chi connectivity index (χ0v) is 11.3. The van der Waals surface area contributed by atoms with Gasteiger partial charge in [0.2, 0.25) is 0 Å². The Hall–Kier alpha value is -0.340. The van der Waals surface area contributed by atoms with Crippen molar-refractivity contribution in [2.24, 2.45) is 5.92 Å². The average Bonchev–Trinajstić information content (AvgIpc) is 2.65. The predicted molar refractivity (Wildman–Crippen MR) is 69.5 cm³/mol. The normalized spacial score (nSPS) is 15.6. The lowest BCUT2D eigenvalue weighted by Gasteiger charge is -2.22. The van der Waals surface area contributed by atoms with Crippen LogP contribution in [0.4, 0.5) is 0 Å². The molecule has 1 heterocycles. The summed E-state index contributed by atoms with van der Waals surface area (Å²) in [7, 11) is 0. The smallest absolute Gasteiger partial charge is 0.0388 e. The minimum absolute atomic E-state index is 0.479. The van der Waals surface area contributed by atoms with Crippen molar-refractivity contribution in [3.63, 3.8) is 0 Å². The summed E-state index contributed by atoms with van der Waals surface area (Å²) in [5.74, 6) is 0.693. The Labute approximate surface area is 97.9 Å². The second kappa shape index (κ2) is 5.66. The van der Waals surface area contributed by atoms with Gasteiger partial charge in [-0.05, 0) is 38.3 Å². The zero-order chi connectivity index (χ0) is 11.4. The lowest BCUT2D eigenvalue weighted by Crippen LogP contribution is -2.32. The number of rotatable bonds is 5. The van der Waals surface area contributed by atoms with Gasteiger partial charge in [0.1, 0.15) is 0 Å². The van der Waals surface area contributed by atoms with Crippen LogP contribution in [-0.4, -0.2) is 6.04 Å². The fourth-order valence-corrected chi connectivity index (χ4v) is 2.45. The van der Waals surface area contributed by atoms with Gasteiger partial charge >= 0.3 is 0 Å². The van der Waals surface area contributed by atoms with E-state index in [0.717, 1.165) is 6.42 Å². The molecule has 0 aromatic carbocycles. The van der Waals surface area contributed by atoms with E-state index in [-0.39, 0.29) is 0 Å². The highest BCUT2D eigenvalue weighted by Gasteiger charge is 2.13. The quantitative estimate of drug-likeness (QED) is 0.798. The molecule has 1 aromatic heterocycles. The van der Waals surface area contributed by atoms with Gasteiger partial charge in [0, 0.05) is 21.8 Å². The van der Waals surface area contributed by atoms with Gasteiger partial charge in [-0.1, -0.05) is 20.8 Å². The molecule has 0 aliphatic rings. The molecule has 0 radical (unpaired) electrons. The minimum Gasteiger partial charge on any atom is -0.307 e.